The van der Waals surface area contributed by atoms with Crippen molar-refractivity contribution in [2.45, 2.75) is 64.2 Å². The Morgan fingerprint density at radius 3 is 1.95 bits per heavy atom. The minimum absolute atomic E-state index is 0.371. The Morgan fingerprint density at radius 1 is 0.905 bits per heavy atom. The third kappa shape index (κ3) is 8.34. The molecule has 2 heteroatoms. The van der Waals surface area contributed by atoms with Gasteiger partial charge in [0.15, 0.2) is 0 Å². The van der Waals surface area contributed by atoms with E-state index in [1.165, 1.54) is 56.9 Å². The largest absolute Gasteiger partial charge is 0.478 e. The van der Waals surface area contributed by atoms with Gasteiger partial charge in [-0.3, -0.25) is 0 Å². The minimum atomic E-state index is -0.852. The van der Waals surface area contributed by atoms with E-state index >= 15 is 0 Å². The summed E-state index contributed by atoms with van der Waals surface area (Å²) in [7, 11) is 0. The van der Waals surface area contributed by atoms with Crippen LogP contribution in [0.15, 0.2) is 36.9 Å². The second kappa shape index (κ2) is 11.1. The lowest BCUT2D eigenvalue weighted by atomic mass is 10.0. The Bertz CT molecular complexity index is 406. The molecule has 0 saturated carbocycles. The topological polar surface area (TPSA) is 37.3 Å². The molecular weight excluding hydrogens is 260 g/mol. The van der Waals surface area contributed by atoms with Gasteiger partial charge < -0.3 is 5.11 Å². The van der Waals surface area contributed by atoms with Crippen LogP contribution in [-0.4, -0.2) is 11.1 Å². The molecular formula is C19H28O2. The molecule has 21 heavy (non-hydrogen) atoms. The molecule has 1 aromatic carbocycles. The van der Waals surface area contributed by atoms with Crippen LogP contribution in [0.4, 0.5) is 0 Å². The molecule has 0 heterocycles. The van der Waals surface area contributed by atoms with Crippen molar-refractivity contribution in [3.8, 4) is 0 Å². The quantitative estimate of drug-likeness (QED) is 0.400. The summed E-state index contributed by atoms with van der Waals surface area (Å²) in [5.41, 5.74) is 1.61. The van der Waals surface area contributed by atoms with Crippen LogP contribution < -0.4 is 0 Å². The van der Waals surface area contributed by atoms with E-state index in [1.807, 2.05) is 18.2 Å². The van der Waals surface area contributed by atoms with Gasteiger partial charge >= 0.3 is 5.97 Å². The second-order valence-electron chi connectivity index (χ2n) is 5.66. The first-order chi connectivity index (χ1) is 10.2. The summed E-state index contributed by atoms with van der Waals surface area (Å²) >= 11 is 0. The van der Waals surface area contributed by atoms with Crippen molar-refractivity contribution in [3.05, 3.63) is 48.0 Å². The highest BCUT2D eigenvalue weighted by atomic mass is 16.4. The first-order valence-electron chi connectivity index (χ1n) is 8.17. The Labute approximate surface area is 128 Å². The summed E-state index contributed by atoms with van der Waals surface area (Å²) in [5.74, 6) is -0.852. The highest BCUT2D eigenvalue weighted by molar-refractivity contribution is 5.87. The molecule has 116 valence electrons. The van der Waals surface area contributed by atoms with Gasteiger partial charge in [0.25, 0.3) is 0 Å². The molecule has 0 aliphatic rings. The van der Waals surface area contributed by atoms with Gasteiger partial charge in [-0.1, -0.05) is 56.7 Å². The highest BCUT2D eigenvalue weighted by Gasteiger charge is 2.01. The molecule has 0 fully saturated rings. The molecule has 0 saturated heterocycles. The number of hydrogen-bond acceptors (Lipinski definition) is 1. The normalized spacial score (nSPS) is 10.5. The third-order valence-electron chi connectivity index (χ3n) is 3.82. The highest BCUT2D eigenvalue weighted by Crippen LogP contribution is 2.12. The smallest absolute Gasteiger partial charge is 0.335 e. The number of carboxylic acids is 1. The summed E-state index contributed by atoms with van der Waals surface area (Å²) in [6.07, 6.45) is 14.7. The predicted octanol–water partition coefficient (Wildman–Crippen LogP) is 5.62. The van der Waals surface area contributed by atoms with E-state index in [0.717, 1.165) is 12.8 Å². The van der Waals surface area contributed by atoms with Crippen molar-refractivity contribution < 1.29 is 9.90 Å². The molecule has 1 aromatic rings. The molecule has 0 radical (unpaired) electrons. The molecule has 0 aromatic heterocycles. The van der Waals surface area contributed by atoms with Crippen molar-refractivity contribution in [2.24, 2.45) is 0 Å². The Kier molecular flexibility index (Phi) is 9.26. The zero-order chi connectivity index (χ0) is 15.3. The van der Waals surface area contributed by atoms with Crippen LogP contribution >= 0.6 is 0 Å². The molecule has 0 bridgehead atoms. The average molecular weight is 288 g/mol. The molecule has 1 rings (SSSR count). The summed E-state index contributed by atoms with van der Waals surface area (Å²) in [4.78, 5) is 10.8. The maximum atomic E-state index is 10.8. The van der Waals surface area contributed by atoms with E-state index in [1.54, 1.807) is 12.1 Å². The number of benzene rings is 1. The molecule has 2 nitrogen and oxygen atoms in total. The van der Waals surface area contributed by atoms with Gasteiger partial charge in [0.05, 0.1) is 5.56 Å². The second-order valence-corrected chi connectivity index (χ2v) is 5.66. The number of aryl methyl sites for hydroxylation is 1. The Balaban J connectivity index is 1.99. The number of carboxylic acid groups (broad SMARTS) is 1. The molecule has 0 unspecified atom stereocenters. The van der Waals surface area contributed by atoms with Gasteiger partial charge in [0.2, 0.25) is 0 Å². The zero-order valence-electron chi connectivity index (χ0n) is 13.0. The first kappa shape index (κ1) is 17.5. The maximum absolute atomic E-state index is 10.8. The van der Waals surface area contributed by atoms with Crippen LogP contribution in [0.3, 0.4) is 0 Å². The SMILES string of the molecule is C=CCCCCCCCCCCc1ccc(C(=O)O)cc1. The first-order valence-corrected chi connectivity index (χ1v) is 8.17. The fourth-order valence-corrected chi connectivity index (χ4v) is 2.49. The third-order valence-corrected chi connectivity index (χ3v) is 3.82. The van der Waals surface area contributed by atoms with Crippen LogP contribution in [0.5, 0.6) is 0 Å². The summed E-state index contributed by atoms with van der Waals surface area (Å²) in [6.45, 7) is 3.74. The van der Waals surface area contributed by atoms with Gasteiger partial charge in [0.1, 0.15) is 0 Å². The lowest BCUT2D eigenvalue weighted by molar-refractivity contribution is 0.0697. The van der Waals surface area contributed by atoms with E-state index in [0.29, 0.717) is 5.56 Å². The Morgan fingerprint density at radius 2 is 1.43 bits per heavy atom. The van der Waals surface area contributed by atoms with Gasteiger partial charge in [-0.05, 0) is 43.4 Å². The van der Waals surface area contributed by atoms with E-state index in [9.17, 15) is 4.79 Å². The van der Waals surface area contributed by atoms with Crippen LogP contribution in [0, 0.1) is 0 Å². The molecule has 0 aliphatic heterocycles. The van der Waals surface area contributed by atoms with Crippen molar-refractivity contribution in [1.82, 2.24) is 0 Å². The molecule has 0 spiro atoms. The van der Waals surface area contributed by atoms with E-state index < -0.39 is 5.97 Å². The van der Waals surface area contributed by atoms with Gasteiger partial charge in [-0.15, -0.1) is 6.58 Å². The van der Waals surface area contributed by atoms with Gasteiger partial charge in [0, 0.05) is 0 Å². The van der Waals surface area contributed by atoms with E-state index in [-0.39, 0.29) is 0 Å². The van der Waals surface area contributed by atoms with Crippen LogP contribution in [-0.2, 0) is 6.42 Å². The standard InChI is InChI=1S/C19H28O2/c1-2-3-4-5-6-7-8-9-10-11-12-17-13-15-18(16-14-17)19(20)21/h2,13-16H,1,3-12H2,(H,20,21). The van der Waals surface area contributed by atoms with E-state index in [2.05, 4.69) is 6.58 Å². The predicted molar refractivity (Wildman–Crippen MR) is 88.9 cm³/mol. The number of carbonyl (C=O) groups is 1. The zero-order valence-corrected chi connectivity index (χ0v) is 13.0. The summed E-state index contributed by atoms with van der Waals surface area (Å²) < 4.78 is 0. The van der Waals surface area contributed by atoms with Crippen LogP contribution in [0.1, 0.15) is 73.7 Å². The average Bonchev–Trinajstić information content (AvgIpc) is 2.49. The van der Waals surface area contributed by atoms with Crippen molar-refractivity contribution >= 4 is 5.97 Å². The number of allylic oxidation sites excluding steroid dienone is 1. The molecule has 0 atom stereocenters. The van der Waals surface area contributed by atoms with Crippen molar-refractivity contribution in [2.75, 3.05) is 0 Å². The minimum Gasteiger partial charge on any atom is -0.478 e. The fourth-order valence-electron chi connectivity index (χ4n) is 2.49. The number of unbranched alkanes of at least 4 members (excludes halogenated alkanes) is 8. The van der Waals surface area contributed by atoms with Gasteiger partial charge in [-0.2, -0.15) is 0 Å². The van der Waals surface area contributed by atoms with Crippen LogP contribution in [0.2, 0.25) is 0 Å². The molecule has 0 aliphatic carbocycles. The summed E-state index contributed by atoms with van der Waals surface area (Å²) in [6, 6.07) is 7.26. The van der Waals surface area contributed by atoms with Crippen molar-refractivity contribution in [3.63, 3.8) is 0 Å². The number of rotatable bonds is 12. The summed E-state index contributed by atoms with van der Waals surface area (Å²) in [5, 5.41) is 8.84. The monoisotopic (exact) mass is 288 g/mol. The number of aromatic carboxylic acids is 1. The molecule has 1 N–H and O–H groups in total. The van der Waals surface area contributed by atoms with E-state index in [4.69, 9.17) is 5.11 Å². The number of hydrogen-bond donors (Lipinski definition) is 1. The fraction of sp³-hybridized carbons (Fsp3) is 0.526. The van der Waals surface area contributed by atoms with Crippen molar-refractivity contribution in [1.29, 1.82) is 0 Å². The molecule has 0 amide bonds. The lowest BCUT2D eigenvalue weighted by Gasteiger charge is -2.03. The van der Waals surface area contributed by atoms with Gasteiger partial charge in [-0.25, -0.2) is 4.79 Å². The lowest BCUT2D eigenvalue weighted by Crippen LogP contribution is -1.96. The van der Waals surface area contributed by atoms with Crippen LogP contribution in [0.25, 0.3) is 0 Å². The maximum Gasteiger partial charge on any atom is 0.335 e. The Hall–Kier alpha value is -1.57.